The number of carbonyl (C=O) groups excluding carboxylic acids is 1. The normalized spacial score (nSPS) is 11.1. The van der Waals surface area contributed by atoms with Crippen molar-refractivity contribution in [3.05, 3.63) is 46.0 Å². The second kappa shape index (κ2) is 4.32. The Morgan fingerprint density at radius 2 is 1.93 bits per heavy atom. The minimum Gasteiger partial charge on any atom is -0.299 e. The summed E-state index contributed by atoms with van der Waals surface area (Å²) in [6.07, 6.45) is 2.11. The lowest BCUT2D eigenvalue weighted by Gasteiger charge is -1.98. The number of non-ortho nitro benzene ring substituents is 1. The van der Waals surface area contributed by atoms with Gasteiger partial charge in [0.15, 0.2) is 0 Å². The number of rotatable bonds is 3. The van der Waals surface area contributed by atoms with Crippen LogP contribution in [0, 0.1) is 10.1 Å². The Kier molecular flexibility index (Phi) is 3.12. The highest BCUT2D eigenvalue weighted by molar-refractivity contribution is 5.80. The van der Waals surface area contributed by atoms with Gasteiger partial charge in [0.05, 0.1) is 4.92 Å². The number of nitrogens with zero attached hydrogens (tertiary/aromatic N) is 1. The molecule has 72 valence electrons. The summed E-state index contributed by atoms with van der Waals surface area (Å²) in [4.78, 5) is 20.1. The predicted octanol–water partition coefficient (Wildman–Crippen LogP) is 2.20. The maximum Gasteiger partial charge on any atom is 0.269 e. The molecule has 0 saturated carbocycles. The minimum absolute atomic E-state index is 0.0488. The molecule has 0 radical (unpaired) electrons. The van der Waals surface area contributed by atoms with Gasteiger partial charge < -0.3 is 0 Å². The van der Waals surface area contributed by atoms with Crippen LogP contribution < -0.4 is 0 Å². The second-order valence-electron chi connectivity index (χ2n) is 2.79. The highest BCUT2D eigenvalue weighted by Gasteiger charge is 2.03. The van der Waals surface area contributed by atoms with Crippen LogP contribution in [0.15, 0.2) is 30.3 Å². The Bertz CT molecular complexity index is 379. The number of aldehydes is 1. The van der Waals surface area contributed by atoms with Gasteiger partial charge in [0.2, 0.25) is 0 Å². The van der Waals surface area contributed by atoms with Crippen LogP contribution in [0.2, 0.25) is 0 Å². The lowest BCUT2D eigenvalue weighted by molar-refractivity contribution is -0.384. The van der Waals surface area contributed by atoms with E-state index >= 15 is 0 Å². The monoisotopic (exact) mass is 191 g/mol. The lowest BCUT2D eigenvalue weighted by Crippen LogP contribution is -1.88. The molecule has 14 heavy (non-hydrogen) atoms. The maximum atomic E-state index is 10.3. The van der Waals surface area contributed by atoms with Gasteiger partial charge >= 0.3 is 0 Å². The number of carbonyl (C=O) groups is 1. The summed E-state index contributed by atoms with van der Waals surface area (Å²) in [6, 6.07) is 6.07. The molecule has 0 N–H and O–H groups in total. The van der Waals surface area contributed by atoms with Gasteiger partial charge in [0, 0.05) is 12.1 Å². The summed E-state index contributed by atoms with van der Waals surface area (Å²) < 4.78 is 0. The Balaban J connectivity index is 2.99. The van der Waals surface area contributed by atoms with E-state index in [1.165, 1.54) is 18.2 Å². The third-order valence-electron chi connectivity index (χ3n) is 1.85. The van der Waals surface area contributed by atoms with Crippen LogP contribution in [0.5, 0.6) is 0 Å². The van der Waals surface area contributed by atoms with Gasteiger partial charge in [-0.15, -0.1) is 0 Å². The summed E-state index contributed by atoms with van der Waals surface area (Å²) in [7, 11) is 0. The molecule has 0 aliphatic rings. The minimum atomic E-state index is -0.456. The van der Waals surface area contributed by atoms with Crippen molar-refractivity contribution >= 4 is 17.5 Å². The zero-order valence-electron chi connectivity index (χ0n) is 7.64. The topological polar surface area (TPSA) is 60.2 Å². The molecular formula is C10H9NO3. The fourth-order valence-corrected chi connectivity index (χ4v) is 1.04. The summed E-state index contributed by atoms with van der Waals surface area (Å²) in [6.45, 7) is 1.77. The van der Waals surface area contributed by atoms with Crippen LogP contribution >= 0.6 is 0 Å². The highest BCUT2D eigenvalue weighted by atomic mass is 16.6. The average molecular weight is 191 g/mol. The van der Waals surface area contributed by atoms with Crippen molar-refractivity contribution in [1.29, 1.82) is 0 Å². The number of hydrogen-bond acceptors (Lipinski definition) is 3. The van der Waals surface area contributed by atoms with Crippen LogP contribution in [0.4, 0.5) is 5.69 Å². The molecule has 0 bridgehead atoms. The number of nitro benzene ring substituents is 1. The fraction of sp³-hybridized carbons (Fsp3) is 0.100. The Morgan fingerprint density at radius 3 is 2.36 bits per heavy atom. The zero-order chi connectivity index (χ0) is 10.6. The maximum absolute atomic E-state index is 10.3. The van der Waals surface area contributed by atoms with E-state index in [0.717, 1.165) is 11.1 Å². The second-order valence-corrected chi connectivity index (χ2v) is 2.79. The fourth-order valence-electron chi connectivity index (χ4n) is 1.04. The van der Waals surface area contributed by atoms with Gasteiger partial charge in [-0.3, -0.25) is 14.9 Å². The van der Waals surface area contributed by atoms with Crippen molar-refractivity contribution in [3.63, 3.8) is 0 Å². The first kappa shape index (κ1) is 10.1. The molecule has 0 aliphatic carbocycles. The van der Waals surface area contributed by atoms with Crippen molar-refractivity contribution in [3.8, 4) is 0 Å². The van der Waals surface area contributed by atoms with Gasteiger partial charge in [-0.1, -0.05) is 0 Å². The number of hydrogen-bond donors (Lipinski definition) is 0. The van der Waals surface area contributed by atoms with Crippen molar-refractivity contribution in [2.24, 2.45) is 0 Å². The Hall–Kier alpha value is -1.97. The van der Waals surface area contributed by atoms with Crippen LogP contribution in [0.1, 0.15) is 12.5 Å². The van der Waals surface area contributed by atoms with Crippen molar-refractivity contribution < 1.29 is 9.72 Å². The Labute approximate surface area is 81.0 Å². The molecule has 0 spiro atoms. The molecule has 0 heterocycles. The van der Waals surface area contributed by atoms with Crippen molar-refractivity contribution in [2.75, 3.05) is 0 Å². The molecule has 0 unspecified atom stereocenters. The molecule has 4 nitrogen and oxygen atoms in total. The summed E-state index contributed by atoms with van der Waals surface area (Å²) in [5.74, 6) is 0. The van der Waals surface area contributed by atoms with Crippen LogP contribution in [-0.4, -0.2) is 11.2 Å². The van der Waals surface area contributed by atoms with E-state index in [1.54, 1.807) is 19.1 Å². The molecule has 0 aromatic heterocycles. The molecular weight excluding hydrogens is 182 g/mol. The third kappa shape index (κ3) is 2.26. The van der Waals surface area contributed by atoms with E-state index in [2.05, 4.69) is 0 Å². The van der Waals surface area contributed by atoms with Crippen molar-refractivity contribution in [1.82, 2.24) is 0 Å². The smallest absolute Gasteiger partial charge is 0.269 e. The molecule has 1 aromatic carbocycles. The predicted molar refractivity (Wildman–Crippen MR) is 52.8 cm³/mol. The van der Waals surface area contributed by atoms with E-state index < -0.39 is 4.92 Å². The first-order valence-electron chi connectivity index (χ1n) is 4.02. The number of nitro groups is 1. The first-order chi connectivity index (χ1) is 6.65. The third-order valence-corrected chi connectivity index (χ3v) is 1.85. The van der Waals surface area contributed by atoms with E-state index in [9.17, 15) is 14.9 Å². The zero-order valence-corrected chi connectivity index (χ0v) is 7.64. The molecule has 1 rings (SSSR count). The quantitative estimate of drug-likeness (QED) is 0.318. The molecule has 4 heteroatoms. The van der Waals surface area contributed by atoms with Gasteiger partial charge in [-0.25, -0.2) is 0 Å². The molecule has 0 saturated heterocycles. The molecule has 1 aromatic rings. The van der Waals surface area contributed by atoms with E-state index in [-0.39, 0.29) is 5.69 Å². The highest BCUT2D eigenvalue weighted by Crippen LogP contribution is 2.17. The van der Waals surface area contributed by atoms with Crippen LogP contribution in [0.25, 0.3) is 5.57 Å². The van der Waals surface area contributed by atoms with Crippen LogP contribution in [-0.2, 0) is 4.79 Å². The molecule has 0 aliphatic heterocycles. The standard InChI is InChI=1S/C10H9NO3/c1-8(6-7-12)9-2-4-10(5-3-9)11(13)14/h2-7H,1H3/b8-6-. The van der Waals surface area contributed by atoms with E-state index in [0.29, 0.717) is 6.29 Å². The lowest BCUT2D eigenvalue weighted by atomic mass is 10.1. The molecule has 0 fully saturated rings. The first-order valence-corrected chi connectivity index (χ1v) is 4.02. The molecule has 0 atom stereocenters. The van der Waals surface area contributed by atoms with Gasteiger partial charge in [0.1, 0.15) is 6.29 Å². The van der Waals surface area contributed by atoms with Crippen molar-refractivity contribution in [2.45, 2.75) is 6.92 Å². The van der Waals surface area contributed by atoms with Gasteiger partial charge in [0.25, 0.3) is 5.69 Å². The van der Waals surface area contributed by atoms with Crippen LogP contribution in [0.3, 0.4) is 0 Å². The summed E-state index contributed by atoms with van der Waals surface area (Å²) in [5, 5.41) is 10.3. The number of allylic oxidation sites excluding steroid dienone is 2. The largest absolute Gasteiger partial charge is 0.299 e. The van der Waals surface area contributed by atoms with E-state index in [4.69, 9.17) is 0 Å². The van der Waals surface area contributed by atoms with E-state index in [1.807, 2.05) is 0 Å². The summed E-state index contributed by atoms with van der Waals surface area (Å²) >= 11 is 0. The summed E-state index contributed by atoms with van der Waals surface area (Å²) in [5.41, 5.74) is 1.64. The number of benzene rings is 1. The van der Waals surface area contributed by atoms with Gasteiger partial charge in [-0.05, 0) is 36.3 Å². The Morgan fingerprint density at radius 1 is 1.36 bits per heavy atom. The average Bonchev–Trinajstić information content (AvgIpc) is 2.18. The van der Waals surface area contributed by atoms with Gasteiger partial charge in [-0.2, -0.15) is 0 Å². The molecule has 0 amide bonds. The SMILES string of the molecule is C/C(=C/C=O)c1ccc([N+](=O)[O-])cc1.